The summed E-state index contributed by atoms with van der Waals surface area (Å²) in [4.78, 5) is 14.1. The molecule has 1 atom stereocenters. The Bertz CT molecular complexity index is 891. The standard InChI is InChI=1S/C23H32ClN3O3/c1-23(2,3)30-22(28)26-9-7-16(8-10-26)12-17-13-18(24)14-20-19(17)15-25-27(20)21-6-4-5-11-29-21/h13-16,21H,4-12H2,1-3H3. The van der Waals surface area contributed by atoms with E-state index in [2.05, 4.69) is 11.2 Å². The number of piperidine rings is 1. The number of ether oxygens (including phenoxy) is 2. The fourth-order valence-corrected chi connectivity index (χ4v) is 4.69. The third-order valence-electron chi connectivity index (χ3n) is 5.97. The maximum absolute atomic E-state index is 12.3. The van der Waals surface area contributed by atoms with E-state index in [1.807, 2.05) is 42.6 Å². The highest BCUT2D eigenvalue weighted by molar-refractivity contribution is 6.31. The van der Waals surface area contributed by atoms with Crippen molar-refractivity contribution in [2.45, 2.75) is 71.1 Å². The van der Waals surface area contributed by atoms with Gasteiger partial charge in [0.2, 0.25) is 0 Å². The van der Waals surface area contributed by atoms with E-state index in [4.69, 9.17) is 21.1 Å². The van der Waals surface area contributed by atoms with E-state index in [9.17, 15) is 4.79 Å². The molecule has 0 bridgehead atoms. The third kappa shape index (κ3) is 4.92. The second kappa shape index (κ2) is 8.75. The molecule has 0 spiro atoms. The molecule has 0 N–H and O–H groups in total. The summed E-state index contributed by atoms with van der Waals surface area (Å²) in [5.41, 5.74) is 1.83. The molecule has 7 heteroatoms. The molecule has 2 aliphatic heterocycles. The molecule has 4 rings (SSSR count). The van der Waals surface area contributed by atoms with Crippen LogP contribution in [-0.2, 0) is 15.9 Å². The summed E-state index contributed by atoms with van der Waals surface area (Å²) in [6, 6.07) is 4.06. The zero-order valence-electron chi connectivity index (χ0n) is 18.2. The van der Waals surface area contributed by atoms with E-state index < -0.39 is 5.60 Å². The first-order valence-electron chi connectivity index (χ1n) is 11.1. The molecule has 0 saturated carbocycles. The van der Waals surface area contributed by atoms with Gasteiger partial charge in [-0.2, -0.15) is 5.10 Å². The number of hydrogen-bond donors (Lipinski definition) is 0. The number of benzene rings is 1. The average Bonchev–Trinajstić information content (AvgIpc) is 3.12. The van der Waals surface area contributed by atoms with Crippen LogP contribution in [0.5, 0.6) is 0 Å². The van der Waals surface area contributed by atoms with Crippen LogP contribution in [-0.4, -0.2) is 46.1 Å². The number of carbonyl (C=O) groups excluding carboxylic acids is 1. The Kier molecular flexibility index (Phi) is 6.26. The third-order valence-corrected chi connectivity index (χ3v) is 6.19. The van der Waals surface area contributed by atoms with Crippen molar-refractivity contribution in [1.29, 1.82) is 0 Å². The van der Waals surface area contributed by atoms with E-state index in [0.717, 1.165) is 74.1 Å². The average molecular weight is 434 g/mol. The predicted molar refractivity (Wildman–Crippen MR) is 118 cm³/mol. The van der Waals surface area contributed by atoms with Crippen LogP contribution >= 0.6 is 11.6 Å². The number of rotatable bonds is 3. The summed E-state index contributed by atoms with van der Waals surface area (Å²) in [5, 5.41) is 6.54. The highest BCUT2D eigenvalue weighted by atomic mass is 35.5. The quantitative estimate of drug-likeness (QED) is 0.634. The lowest BCUT2D eigenvalue weighted by Crippen LogP contribution is -2.42. The van der Waals surface area contributed by atoms with Gasteiger partial charge in [0.15, 0.2) is 6.23 Å². The Morgan fingerprint density at radius 2 is 2.00 bits per heavy atom. The highest BCUT2D eigenvalue weighted by Crippen LogP contribution is 2.32. The molecule has 1 unspecified atom stereocenters. The fourth-order valence-electron chi connectivity index (χ4n) is 4.45. The Morgan fingerprint density at radius 3 is 2.67 bits per heavy atom. The van der Waals surface area contributed by atoms with Crippen molar-refractivity contribution < 1.29 is 14.3 Å². The topological polar surface area (TPSA) is 56.6 Å². The number of carbonyl (C=O) groups is 1. The minimum Gasteiger partial charge on any atom is -0.444 e. The van der Waals surface area contributed by atoms with Crippen molar-refractivity contribution >= 4 is 28.6 Å². The maximum atomic E-state index is 12.3. The first-order valence-corrected chi connectivity index (χ1v) is 11.4. The summed E-state index contributed by atoms with van der Waals surface area (Å²) < 4.78 is 13.4. The Labute approximate surface area is 183 Å². The van der Waals surface area contributed by atoms with Crippen molar-refractivity contribution in [2.75, 3.05) is 19.7 Å². The van der Waals surface area contributed by atoms with Gasteiger partial charge in [-0.25, -0.2) is 9.48 Å². The maximum Gasteiger partial charge on any atom is 0.410 e. The van der Waals surface area contributed by atoms with E-state index >= 15 is 0 Å². The number of fused-ring (bicyclic) bond motifs is 1. The van der Waals surface area contributed by atoms with Gasteiger partial charge in [-0.05, 0) is 82.9 Å². The van der Waals surface area contributed by atoms with Crippen LogP contribution in [0.3, 0.4) is 0 Å². The van der Waals surface area contributed by atoms with Gasteiger partial charge in [-0.3, -0.25) is 0 Å². The normalized spacial score (nSPS) is 21.2. The van der Waals surface area contributed by atoms with E-state index in [1.54, 1.807) is 0 Å². The number of aromatic nitrogens is 2. The molecule has 0 aliphatic carbocycles. The van der Waals surface area contributed by atoms with E-state index in [0.29, 0.717) is 5.92 Å². The number of amides is 1. The monoisotopic (exact) mass is 433 g/mol. The van der Waals surface area contributed by atoms with Crippen LogP contribution in [0.15, 0.2) is 18.3 Å². The summed E-state index contributed by atoms with van der Waals surface area (Å²) in [7, 11) is 0. The van der Waals surface area contributed by atoms with Crippen molar-refractivity contribution in [1.82, 2.24) is 14.7 Å². The van der Waals surface area contributed by atoms with Gasteiger partial charge in [-0.1, -0.05) is 11.6 Å². The molecule has 30 heavy (non-hydrogen) atoms. The molecular formula is C23H32ClN3O3. The number of hydrogen-bond acceptors (Lipinski definition) is 4. The lowest BCUT2D eigenvalue weighted by atomic mass is 9.89. The molecule has 1 aromatic carbocycles. The van der Waals surface area contributed by atoms with Crippen LogP contribution in [0.4, 0.5) is 4.79 Å². The Hall–Kier alpha value is -1.79. The first-order chi connectivity index (χ1) is 14.3. The van der Waals surface area contributed by atoms with Gasteiger partial charge in [-0.15, -0.1) is 0 Å². The minimum atomic E-state index is -0.456. The smallest absolute Gasteiger partial charge is 0.410 e. The van der Waals surface area contributed by atoms with Crippen molar-refractivity contribution in [3.63, 3.8) is 0 Å². The van der Waals surface area contributed by atoms with Gasteiger partial charge in [0.05, 0.1) is 11.7 Å². The lowest BCUT2D eigenvalue weighted by Gasteiger charge is -2.33. The number of likely N-dealkylation sites (tertiary alicyclic amines) is 1. The Balaban J connectivity index is 1.44. The molecule has 3 heterocycles. The highest BCUT2D eigenvalue weighted by Gasteiger charge is 2.28. The van der Waals surface area contributed by atoms with Crippen molar-refractivity contribution in [3.8, 4) is 0 Å². The van der Waals surface area contributed by atoms with Gasteiger partial charge in [0.1, 0.15) is 5.60 Å². The molecule has 6 nitrogen and oxygen atoms in total. The second-order valence-corrected chi connectivity index (χ2v) is 9.96. The van der Waals surface area contributed by atoms with Crippen LogP contribution in [0.25, 0.3) is 10.9 Å². The summed E-state index contributed by atoms with van der Waals surface area (Å²) in [6.45, 7) is 7.97. The van der Waals surface area contributed by atoms with Crippen molar-refractivity contribution in [3.05, 3.63) is 28.9 Å². The Morgan fingerprint density at radius 1 is 1.23 bits per heavy atom. The number of halogens is 1. The first kappa shape index (κ1) is 21.4. The lowest BCUT2D eigenvalue weighted by molar-refractivity contribution is -0.0366. The largest absolute Gasteiger partial charge is 0.444 e. The zero-order chi connectivity index (χ0) is 21.3. The second-order valence-electron chi connectivity index (χ2n) is 9.52. The molecule has 1 aromatic heterocycles. The zero-order valence-corrected chi connectivity index (χ0v) is 19.0. The van der Waals surface area contributed by atoms with Gasteiger partial charge in [0, 0.05) is 30.1 Å². The molecule has 164 valence electrons. The van der Waals surface area contributed by atoms with Crippen molar-refractivity contribution in [2.24, 2.45) is 5.92 Å². The molecule has 2 aliphatic rings. The van der Waals surface area contributed by atoms with Gasteiger partial charge in [0.25, 0.3) is 0 Å². The SMILES string of the molecule is CC(C)(C)OC(=O)N1CCC(Cc2cc(Cl)cc3c2cnn3C2CCCCO2)CC1. The summed E-state index contributed by atoms with van der Waals surface area (Å²) in [6.07, 6.45) is 7.88. The number of nitrogens with zero attached hydrogens (tertiary/aromatic N) is 3. The molecule has 2 fully saturated rings. The molecule has 1 amide bonds. The predicted octanol–water partition coefficient (Wildman–Crippen LogP) is 5.58. The van der Waals surface area contributed by atoms with Gasteiger partial charge >= 0.3 is 6.09 Å². The van der Waals surface area contributed by atoms with Gasteiger partial charge < -0.3 is 14.4 Å². The molecular weight excluding hydrogens is 402 g/mol. The fraction of sp³-hybridized carbons (Fsp3) is 0.652. The molecule has 2 saturated heterocycles. The molecule has 0 radical (unpaired) electrons. The van der Waals surface area contributed by atoms with E-state index in [1.165, 1.54) is 5.56 Å². The van der Waals surface area contributed by atoms with Crippen LogP contribution in [0.1, 0.15) is 64.7 Å². The summed E-state index contributed by atoms with van der Waals surface area (Å²) >= 11 is 6.48. The van der Waals surface area contributed by atoms with Crippen LogP contribution < -0.4 is 0 Å². The van der Waals surface area contributed by atoms with E-state index in [-0.39, 0.29) is 12.3 Å². The minimum absolute atomic E-state index is 0.000339. The van der Waals surface area contributed by atoms with Crippen LogP contribution in [0, 0.1) is 5.92 Å². The molecule has 2 aromatic rings. The summed E-state index contributed by atoms with van der Waals surface area (Å²) in [5.74, 6) is 0.514. The van der Waals surface area contributed by atoms with Crippen LogP contribution in [0.2, 0.25) is 5.02 Å².